The van der Waals surface area contributed by atoms with Gasteiger partial charge in [0.2, 0.25) is 5.82 Å². The molecule has 33 heavy (non-hydrogen) atoms. The van der Waals surface area contributed by atoms with Crippen LogP contribution in [-0.4, -0.2) is 22.5 Å². The summed E-state index contributed by atoms with van der Waals surface area (Å²) in [5, 5.41) is 6.73. The van der Waals surface area contributed by atoms with E-state index in [1.807, 2.05) is 19.1 Å². The standard InChI is InChI=1S/C25H17Cl2N3O3/c1-2-32-22-9-7-15(11-19(22)27)14-28-30-24(29-20-6-4-3-5-18(20)25(30)31)23-13-16-12-17(26)8-10-21(16)33-23/h3-14H,2H2,1H3. The SMILES string of the molecule is CCOc1ccc(C=Nn2c(-c3cc4cc(Cl)ccc4o3)nc3ccccc3c2=O)cc1Cl. The average Bonchev–Trinajstić information content (AvgIpc) is 3.23. The van der Waals surface area contributed by atoms with Crippen molar-refractivity contribution in [3.8, 4) is 17.3 Å². The molecule has 0 aliphatic rings. The van der Waals surface area contributed by atoms with E-state index in [0.717, 1.165) is 5.39 Å². The lowest BCUT2D eigenvalue weighted by molar-refractivity contribution is 0.340. The molecule has 0 bridgehead atoms. The topological polar surface area (TPSA) is 69.6 Å². The fourth-order valence-electron chi connectivity index (χ4n) is 3.51. The highest BCUT2D eigenvalue weighted by molar-refractivity contribution is 6.32. The summed E-state index contributed by atoms with van der Waals surface area (Å²) in [6.45, 7) is 2.40. The molecular weight excluding hydrogens is 461 g/mol. The van der Waals surface area contributed by atoms with Crippen molar-refractivity contribution in [1.29, 1.82) is 0 Å². The first-order valence-corrected chi connectivity index (χ1v) is 11.0. The Bertz CT molecular complexity index is 1590. The molecule has 2 heterocycles. The van der Waals surface area contributed by atoms with Crippen LogP contribution in [0.2, 0.25) is 10.0 Å². The van der Waals surface area contributed by atoms with Crippen LogP contribution in [-0.2, 0) is 0 Å². The molecule has 3 aromatic carbocycles. The molecule has 0 saturated heterocycles. The summed E-state index contributed by atoms with van der Waals surface area (Å²) in [5.74, 6) is 1.26. The number of aromatic nitrogens is 2. The third-order valence-corrected chi connectivity index (χ3v) is 5.56. The summed E-state index contributed by atoms with van der Waals surface area (Å²) >= 11 is 12.4. The van der Waals surface area contributed by atoms with E-state index in [2.05, 4.69) is 10.1 Å². The Morgan fingerprint density at radius 1 is 1.09 bits per heavy atom. The van der Waals surface area contributed by atoms with Gasteiger partial charge in [0.1, 0.15) is 11.3 Å². The summed E-state index contributed by atoms with van der Waals surface area (Å²) < 4.78 is 12.7. The van der Waals surface area contributed by atoms with Crippen molar-refractivity contribution in [2.24, 2.45) is 5.10 Å². The molecule has 0 spiro atoms. The highest BCUT2D eigenvalue weighted by Gasteiger charge is 2.16. The fourth-order valence-corrected chi connectivity index (χ4v) is 3.93. The summed E-state index contributed by atoms with van der Waals surface area (Å²) in [5.41, 5.74) is 1.56. The van der Waals surface area contributed by atoms with E-state index in [1.165, 1.54) is 4.68 Å². The summed E-state index contributed by atoms with van der Waals surface area (Å²) in [7, 11) is 0. The van der Waals surface area contributed by atoms with E-state index in [0.29, 0.717) is 50.2 Å². The summed E-state index contributed by atoms with van der Waals surface area (Å²) in [6.07, 6.45) is 1.54. The molecule has 0 N–H and O–H groups in total. The molecule has 2 aromatic heterocycles. The highest BCUT2D eigenvalue weighted by Crippen LogP contribution is 2.29. The smallest absolute Gasteiger partial charge is 0.282 e. The van der Waals surface area contributed by atoms with E-state index in [9.17, 15) is 4.79 Å². The van der Waals surface area contributed by atoms with E-state index in [-0.39, 0.29) is 11.4 Å². The van der Waals surface area contributed by atoms with E-state index in [4.69, 9.17) is 32.4 Å². The minimum absolute atomic E-state index is 0.277. The van der Waals surface area contributed by atoms with Gasteiger partial charge in [-0.05, 0) is 67.1 Å². The normalized spacial score (nSPS) is 11.6. The summed E-state index contributed by atoms with van der Waals surface area (Å²) in [4.78, 5) is 18.0. The maximum absolute atomic E-state index is 13.3. The number of nitrogens with zero attached hydrogens (tertiary/aromatic N) is 3. The Morgan fingerprint density at radius 2 is 1.94 bits per heavy atom. The average molecular weight is 478 g/mol. The van der Waals surface area contributed by atoms with Gasteiger partial charge in [-0.2, -0.15) is 9.78 Å². The molecule has 0 radical (unpaired) electrons. The first kappa shape index (κ1) is 21.2. The van der Waals surface area contributed by atoms with Gasteiger partial charge in [0.15, 0.2) is 5.76 Å². The van der Waals surface area contributed by atoms with Crippen LogP contribution < -0.4 is 10.3 Å². The number of fused-ring (bicyclic) bond motifs is 2. The van der Waals surface area contributed by atoms with Crippen LogP contribution in [0.5, 0.6) is 5.75 Å². The number of para-hydroxylation sites is 1. The Morgan fingerprint density at radius 3 is 2.76 bits per heavy atom. The minimum Gasteiger partial charge on any atom is -0.492 e. The van der Waals surface area contributed by atoms with E-state index >= 15 is 0 Å². The second kappa shape index (κ2) is 8.73. The maximum atomic E-state index is 13.3. The molecule has 0 aliphatic carbocycles. The molecule has 5 rings (SSSR count). The predicted molar refractivity (Wildman–Crippen MR) is 132 cm³/mol. The van der Waals surface area contributed by atoms with Gasteiger partial charge in [0.05, 0.1) is 28.7 Å². The maximum Gasteiger partial charge on any atom is 0.282 e. The highest BCUT2D eigenvalue weighted by atomic mass is 35.5. The zero-order chi connectivity index (χ0) is 22.9. The summed E-state index contributed by atoms with van der Waals surface area (Å²) in [6, 6.07) is 19.5. The number of rotatable bonds is 5. The number of furan rings is 1. The lowest BCUT2D eigenvalue weighted by atomic mass is 10.2. The van der Waals surface area contributed by atoms with Gasteiger partial charge in [-0.3, -0.25) is 4.79 Å². The Labute approximate surface area is 198 Å². The Balaban J connectivity index is 1.67. The zero-order valence-electron chi connectivity index (χ0n) is 17.5. The molecular formula is C25H17Cl2N3O3. The second-order valence-corrected chi connectivity index (χ2v) is 8.07. The Kier molecular flexibility index (Phi) is 5.62. The van der Waals surface area contributed by atoms with Gasteiger partial charge in [-0.25, -0.2) is 4.98 Å². The third-order valence-electron chi connectivity index (χ3n) is 5.03. The molecule has 6 nitrogen and oxygen atoms in total. The number of ether oxygens (including phenoxy) is 1. The molecule has 0 amide bonds. The van der Waals surface area contributed by atoms with Crippen molar-refractivity contribution < 1.29 is 9.15 Å². The molecule has 5 aromatic rings. The molecule has 8 heteroatoms. The van der Waals surface area contributed by atoms with Gasteiger partial charge in [0, 0.05) is 10.4 Å². The number of hydrogen-bond donors (Lipinski definition) is 0. The number of benzene rings is 3. The van der Waals surface area contributed by atoms with Gasteiger partial charge in [0.25, 0.3) is 5.56 Å². The second-order valence-electron chi connectivity index (χ2n) is 7.23. The van der Waals surface area contributed by atoms with E-state index in [1.54, 1.807) is 60.8 Å². The first-order chi connectivity index (χ1) is 16.0. The largest absolute Gasteiger partial charge is 0.492 e. The van der Waals surface area contributed by atoms with Crippen molar-refractivity contribution in [3.63, 3.8) is 0 Å². The van der Waals surface area contributed by atoms with Gasteiger partial charge >= 0.3 is 0 Å². The van der Waals surface area contributed by atoms with Gasteiger partial charge in [-0.15, -0.1) is 0 Å². The van der Waals surface area contributed by atoms with Crippen molar-refractivity contribution in [2.75, 3.05) is 6.61 Å². The van der Waals surface area contributed by atoms with Gasteiger partial charge in [-0.1, -0.05) is 35.3 Å². The quantitative estimate of drug-likeness (QED) is 0.274. The Hall–Kier alpha value is -3.61. The van der Waals surface area contributed by atoms with Crippen molar-refractivity contribution >= 4 is 51.3 Å². The zero-order valence-corrected chi connectivity index (χ0v) is 19.0. The third kappa shape index (κ3) is 4.11. The number of halogens is 2. The lowest BCUT2D eigenvalue weighted by Gasteiger charge is -2.08. The molecule has 0 fully saturated rings. The minimum atomic E-state index is -0.317. The fraction of sp³-hybridized carbons (Fsp3) is 0.0800. The van der Waals surface area contributed by atoms with E-state index < -0.39 is 0 Å². The monoisotopic (exact) mass is 477 g/mol. The number of hydrogen-bond acceptors (Lipinski definition) is 5. The van der Waals surface area contributed by atoms with Crippen LogP contribution in [0, 0.1) is 0 Å². The van der Waals surface area contributed by atoms with Gasteiger partial charge < -0.3 is 9.15 Å². The predicted octanol–water partition coefficient (Wildman–Crippen LogP) is 6.40. The molecule has 0 atom stereocenters. The van der Waals surface area contributed by atoms with Crippen LogP contribution in [0.1, 0.15) is 12.5 Å². The first-order valence-electron chi connectivity index (χ1n) is 10.2. The van der Waals surface area contributed by atoms with Crippen LogP contribution in [0.4, 0.5) is 0 Å². The molecule has 164 valence electrons. The van der Waals surface area contributed by atoms with Crippen molar-refractivity contribution in [1.82, 2.24) is 9.66 Å². The lowest BCUT2D eigenvalue weighted by Crippen LogP contribution is -2.20. The molecule has 0 aliphatic heterocycles. The van der Waals surface area contributed by atoms with Crippen molar-refractivity contribution in [3.05, 3.63) is 92.7 Å². The van der Waals surface area contributed by atoms with Crippen LogP contribution in [0.25, 0.3) is 33.5 Å². The van der Waals surface area contributed by atoms with Crippen LogP contribution in [0.3, 0.4) is 0 Å². The molecule has 0 unspecified atom stereocenters. The van der Waals surface area contributed by atoms with Crippen molar-refractivity contribution in [2.45, 2.75) is 6.92 Å². The molecule has 0 saturated carbocycles. The van der Waals surface area contributed by atoms with Crippen LogP contribution in [0.15, 0.2) is 81.0 Å². The van der Waals surface area contributed by atoms with Crippen LogP contribution >= 0.6 is 23.2 Å².